The van der Waals surface area contributed by atoms with Gasteiger partial charge in [0.15, 0.2) is 5.78 Å². The smallest absolute Gasteiger partial charge is 0.193 e. The molecule has 0 aliphatic carbocycles. The highest BCUT2D eigenvalue weighted by atomic mass is 32.2. The molecule has 0 radical (unpaired) electrons. The molecule has 1 unspecified atom stereocenters. The zero-order valence-corrected chi connectivity index (χ0v) is 13.3. The summed E-state index contributed by atoms with van der Waals surface area (Å²) in [5.41, 5.74) is 1.41. The minimum atomic E-state index is -0.272. The third-order valence-electron chi connectivity index (χ3n) is 3.01. The first-order valence-electron chi connectivity index (χ1n) is 6.39. The van der Waals surface area contributed by atoms with Gasteiger partial charge in [0.2, 0.25) is 0 Å². The molecule has 0 aromatic heterocycles. The van der Waals surface area contributed by atoms with Crippen molar-refractivity contribution in [3.8, 4) is 0 Å². The lowest BCUT2D eigenvalue weighted by Crippen LogP contribution is -2.33. The number of Topliss-reactive ketones (excluding diaryl/α,β-unsaturated/α-hetero) is 1. The standard InChI is InChI=1S/C15H18O3S2/c1-19-15(20-2)13(12-10-17-8-9-18-12)14(16)11-6-4-3-5-7-11/h3-7,12H,8-10H2,1-2H3. The van der Waals surface area contributed by atoms with Crippen molar-refractivity contribution in [3.63, 3.8) is 0 Å². The second kappa shape index (κ2) is 7.88. The van der Waals surface area contributed by atoms with Crippen LogP contribution >= 0.6 is 23.5 Å². The Kier molecular flexibility index (Phi) is 6.16. The van der Waals surface area contributed by atoms with E-state index in [9.17, 15) is 4.79 Å². The summed E-state index contributed by atoms with van der Waals surface area (Å²) < 4.78 is 12.2. The van der Waals surface area contributed by atoms with Gasteiger partial charge in [0, 0.05) is 9.80 Å². The minimum Gasteiger partial charge on any atom is -0.376 e. The molecular formula is C15H18O3S2. The van der Waals surface area contributed by atoms with Crippen molar-refractivity contribution >= 4 is 29.3 Å². The Labute approximate surface area is 128 Å². The lowest BCUT2D eigenvalue weighted by atomic mass is 10.0. The summed E-state index contributed by atoms with van der Waals surface area (Å²) in [7, 11) is 0. The molecule has 0 N–H and O–H groups in total. The lowest BCUT2D eigenvalue weighted by Gasteiger charge is -2.26. The van der Waals surface area contributed by atoms with E-state index in [-0.39, 0.29) is 11.9 Å². The first kappa shape index (κ1) is 15.6. The fourth-order valence-corrected chi connectivity index (χ4v) is 3.63. The topological polar surface area (TPSA) is 35.5 Å². The number of ether oxygens (including phenoxy) is 2. The van der Waals surface area contributed by atoms with Gasteiger partial charge < -0.3 is 9.47 Å². The summed E-state index contributed by atoms with van der Waals surface area (Å²) >= 11 is 3.16. The van der Waals surface area contributed by atoms with Crippen LogP contribution in [0.15, 0.2) is 40.1 Å². The maximum atomic E-state index is 12.8. The SMILES string of the molecule is CSC(SC)=C(C(=O)c1ccccc1)C1COCCO1. The minimum absolute atomic E-state index is 0.0276. The van der Waals surface area contributed by atoms with Crippen molar-refractivity contribution < 1.29 is 14.3 Å². The number of rotatable bonds is 5. The van der Waals surface area contributed by atoms with Gasteiger partial charge in [-0.05, 0) is 12.5 Å². The zero-order valence-electron chi connectivity index (χ0n) is 11.6. The van der Waals surface area contributed by atoms with Crippen LogP contribution in [0.2, 0.25) is 0 Å². The number of hydrogen-bond donors (Lipinski definition) is 0. The maximum Gasteiger partial charge on any atom is 0.193 e. The number of hydrogen-bond acceptors (Lipinski definition) is 5. The fourth-order valence-electron chi connectivity index (χ4n) is 2.07. The van der Waals surface area contributed by atoms with Crippen molar-refractivity contribution in [2.45, 2.75) is 6.10 Å². The van der Waals surface area contributed by atoms with Gasteiger partial charge in [-0.2, -0.15) is 0 Å². The molecule has 0 spiro atoms. The second-order valence-corrected chi connectivity index (χ2v) is 6.13. The summed E-state index contributed by atoms with van der Waals surface area (Å²) in [6.07, 6.45) is 3.69. The number of carbonyl (C=O) groups is 1. The van der Waals surface area contributed by atoms with Crippen LogP contribution in [0.3, 0.4) is 0 Å². The molecule has 0 bridgehead atoms. The van der Waals surface area contributed by atoms with Gasteiger partial charge in [-0.15, -0.1) is 23.5 Å². The summed E-state index contributed by atoms with van der Waals surface area (Å²) in [6, 6.07) is 9.33. The molecule has 3 nitrogen and oxygen atoms in total. The largest absolute Gasteiger partial charge is 0.376 e. The molecule has 20 heavy (non-hydrogen) atoms. The van der Waals surface area contributed by atoms with Crippen LogP contribution in [-0.4, -0.2) is 44.2 Å². The van der Waals surface area contributed by atoms with Gasteiger partial charge in [-0.3, -0.25) is 4.79 Å². The van der Waals surface area contributed by atoms with E-state index in [1.165, 1.54) is 0 Å². The van der Waals surface area contributed by atoms with Crippen LogP contribution in [0.4, 0.5) is 0 Å². The molecule has 1 fully saturated rings. The van der Waals surface area contributed by atoms with E-state index in [0.717, 1.165) is 9.81 Å². The van der Waals surface area contributed by atoms with Crippen LogP contribution in [0.5, 0.6) is 0 Å². The third-order valence-corrected chi connectivity index (χ3v) is 5.19. The summed E-state index contributed by atoms with van der Waals surface area (Å²) in [5, 5.41) is 0. The van der Waals surface area contributed by atoms with E-state index in [1.807, 2.05) is 42.8 Å². The van der Waals surface area contributed by atoms with Gasteiger partial charge in [0.1, 0.15) is 6.10 Å². The Morgan fingerprint density at radius 3 is 2.40 bits per heavy atom. The summed E-state index contributed by atoms with van der Waals surface area (Å²) in [4.78, 5) is 12.8. The molecule has 5 heteroatoms. The van der Waals surface area contributed by atoms with Gasteiger partial charge in [-0.1, -0.05) is 30.3 Å². The van der Waals surface area contributed by atoms with E-state index in [0.29, 0.717) is 25.4 Å². The number of ketones is 1. The Morgan fingerprint density at radius 1 is 1.15 bits per heavy atom. The number of thioether (sulfide) groups is 2. The van der Waals surface area contributed by atoms with Crippen molar-refractivity contribution in [2.75, 3.05) is 32.3 Å². The first-order valence-corrected chi connectivity index (χ1v) is 8.84. The van der Waals surface area contributed by atoms with Crippen molar-refractivity contribution in [1.82, 2.24) is 0 Å². The van der Waals surface area contributed by atoms with E-state index < -0.39 is 0 Å². The Hall–Kier alpha value is -0.750. The third kappa shape index (κ3) is 3.67. The van der Waals surface area contributed by atoms with E-state index in [4.69, 9.17) is 9.47 Å². The van der Waals surface area contributed by atoms with E-state index >= 15 is 0 Å². The van der Waals surface area contributed by atoms with Gasteiger partial charge in [0.05, 0.1) is 25.4 Å². The van der Waals surface area contributed by atoms with Crippen molar-refractivity contribution in [3.05, 3.63) is 45.7 Å². The van der Waals surface area contributed by atoms with Crippen LogP contribution in [0.1, 0.15) is 10.4 Å². The Bertz CT molecular complexity index is 473. The van der Waals surface area contributed by atoms with Crippen LogP contribution in [-0.2, 0) is 9.47 Å². The van der Waals surface area contributed by atoms with Crippen LogP contribution in [0.25, 0.3) is 0 Å². The first-order chi connectivity index (χ1) is 9.77. The molecule has 0 saturated carbocycles. The molecule has 1 saturated heterocycles. The predicted molar refractivity (Wildman–Crippen MR) is 85.4 cm³/mol. The van der Waals surface area contributed by atoms with Crippen LogP contribution in [0, 0.1) is 0 Å². The second-order valence-electron chi connectivity index (χ2n) is 4.24. The summed E-state index contributed by atoms with van der Waals surface area (Å²) in [5.74, 6) is 0.0276. The zero-order chi connectivity index (χ0) is 14.4. The average molecular weight is 310 g/mol. The van der Waals surface area contributed by atoms with Crippen molar-refractivity contribution in [1.29, 1.82) is 0 Å². The van der Waals surface area contributed by atoms with E-state index in [2.05, 4.69) is 0 Å². The summed E-state index contributed by atoms with van der Waals surface area (Å²) in [6.45, 7) is 1.57. The molecule has 1 atom stereocenters. The quantitative estimate of drug-likeness (QED) is 0.616. The number of carbonyl (C=O) groups excluding carboxylic acids is 1. The maximum absolute atomic E-state index is 12.8. The molecule has 108 valence electrons. The van der Waals surface area contributed by atoms with Gasteiger partial charge in [-0.25, -0.2) is 0 Å². The highest BCUT2D eigenvalue weighted by Crippen LogP contribution is 2.32. The fraction of sp³-hybridized carbons (Fsp3) is 0.400. The molecule has 1 aliphatic rings. The number of benzene rings is 1. The Morgan fingerprint density at radius 2 is 1.85 bits per heavy atom. The predicted octanol–water partition coefficient (Wildman–Crippen LogP) is 3.22. The highest BCUT2D eigenvalue weighted by Gasteiger charge is 2.28. The molecule has 1 aromatic rings. The van der Waals surface area contributed by atoms with Crippen molar-refractivity contribution in [2.24, 2.45) is 0 Å². The molecule has 2 rings (SSSR count). The van der Waals surface area contributed by atoms with E-state index in [1.54, 1.807) is 23.5 Å². The Balaban J connectivity index is 2.36. The highest BCUT2D eigenvalue weighted by molar-refractivity contribution is 8.21. The monoisotopic (exact) mass is 310 g/mol. The molecule has 1 aliphatic heterocycles. The lowest BCUT2D eigenvalue weighted by molar-refractivity contribution is -0.0712. The molecule has 1 aromatic carbocycles. The molecule has 0 amide bonds. The average Bonchev–Trinajstić information content (AvgIpc) is 2.53. The van der Waals surface area contributed by atoms with Crippen LogP contribution < -0.4 is 0 Å². The molecular weight excluding hydrogens is 292 g/mol. The normalized spacial score (nSPS) is 18.6. The van der Waals surface area contributed by atoms with Gasteiger partial charge in [0.25, 0.3) is 0 Å². The van der Waals surface area contributed by atoms with Gasteiger partial charge >= 0.3 is 0 Å². The molecule has 1 heterocycles.